The van der Waals surface area contributed by atoms with Gasteiger partial charge in [0.2, 0.25) is 0 Å². The first-order chi connectivity index (χ1) is 7.67. The van der Waals surface area contributed by atoms with Crippen molar-refractivity contribution in [2.24, 2.45) is 0 Å². The zero-order valence-electron chi connectivity index (χ0n) is 10.2. The number of thioether (sulfide) groups is 1. The highest BCUT2D eigenvalue weighted by atomic mass is 32.2. The molecule has 0 aliphatic heterocycles. The fraction of sp³-hybridized carbons (Fsp3) is 0.538. The molecular formula is C13H20FNS. The maximum absolute atomic E-state index is 13.0. The van der Waals surface area contributed by atoms with Crippen molar-refractivity contribution in [3.63, 3.8) is 0 Å². The highest BCUT2D eigenvalue weighted by Gasteiger charge is 2.08. The molecule has 1 atom stereocenters. The molecule has 0 radical (unpaired) electrons. The number of halogens is 1. The lowest BCUT2D eigenvalue weighted by atomic mass is 10.00. The van der Waals surface area contributed by atoms with Crippen molar-refractivity contribution in [1.82, 2.24) is 5.32 Å². The van der Waals surface area contributed by atoms with Gasteiger partial charge in [0.05, 0.1) is 0 Å². The predicted molar refractivity (Wildman–Crippen MR) is 70.7 cm³/mol. The Kier molecular flexibility index (Phi) is 5.85. The third kappa shape index (κ3) is 4.14. The molecule has 90 valence electrons. The van der Waals surface area contributed by atoms with E-state index in [2.05, 4.69) is 11.6 Å². The molecule has 0 saturated heterocycles. The second kappa shape index (κ2) is 6.92. The van der Waals surface area contributed by atoms with Crippen LogP contribution in [0.4, 0.5) is 4.39 Å². The Bertz CT molecular complexity index is 328. The Balaban J connectivity index is 2.62. The van der Waals surface area contributed by atoms with Crippen LogP contribution in [-0.2, 0) is 6.42 Å². The Morgan fingerprint density at radius 1 is 1.44 bits per heavy atom. The Labute approximate surface area is 102 Å². The Morgan fingerprint density at radius 2 is 2.19 bits per heavy atom. The summed E-state index contributed by atoms with van der Waals surface area (Å²) in [5, 5.41) is 3.32. The van der Waals surface area contributed by atoms with Crippen molar-refractivity contribution in [2.75, 3.05) is 19.1 Å². The predicted octanol–water partition coefficient (Wildman–Crippen LogP) is 3.02. The zero-order valence-corrected chi connectivity index (χ0v) is 11.0. The summed E-state index contributed by atoms with van der Waals surface area (Å²) >= 11 is 1.86. The van der Waals surface area contributed by atoms with Crippen LogP contribution in [0.1, 0.15) is 17.5 Å². The van der Waals surface area contributed by atoms with Gasteiger partial charge in [0.15, 0.2) is 0 Å². The van der Waals surface area contributed by atoms with Crippen molar-refractivity contribution < 1.29 is 4.39 Å². The van der Waals surface area contributed by atoms with Crippen molar-refractivity contribution in [1.29, 1.82) is 0 Å². The molecule has 0 amide bonds. The maximum Gasteiger partial charge on any atom is 0.123 e. The van der Waals surface area contributed by atoms with Gasteiger partial charge in [0.25, 0.3) is 0 Å². The van der Waals surface area contributed by atoms with E-state index in [0.717, 1.165) is 24.2 Å². The number of aryl methyl sites for hydroxylation is 1. The maximum atomic E-state index is 13.0. The molecule has 1 aromatic carbocycles. The summed E-state index contributed by atoms with van der Waals surface area (Å²) in [6.07, 6.45) is 4.24. The number of hydrogen-bond acceptors (Lipinski definition) is 2. The lowest BCUT2D eigenvalue weighted by molar-refractivity contribution is 0.545. The van der Waals surface area contributed by atoms with Crippen molar-refractivity contribution in [2.45, 2.75) is 25.8 Å². The van der Waals surface area contributed by atoms with Gasteiger partial charge < -0.3 is 5.32 Å². The molecule has 0 bridgehead atoms. The van der Waals surface area contributed by atoms with Gasteiger partial charge >= 0.3 is 0 Å². The van der Waals surface area contributed by atoms with Gasteiger partial charge in [-0.2, -0.15) is 11.8 Å². The van der Waals surface area contributed by atoms with E-state index in [9.17, 15) is 4.39 Å². The Hall–Kier alpha value is -0.540. The van der Waals surface area contributed by atoms with Gasteiger partial charge in [0.1, 0.15) is 5.82 Å². The second-order valence-electron chi connectivity index (χ2n) is 4.04. The van der Waals surface area contributed by atoms with E-state index in [4.69, 9.17) is 0 Å². The van der Waals surface area contributed by atoms with E-state index in [0.29, 0.717) is 6.04 Å². The van der Waals surface area contributed by atoms with Crippen LogP contribution >= 0.6 is 11.8 Å². The second-order valence-corrected chi connectivity index (χ2v) is 5.03. The fourth-order valence-electron chi connectivity index (χ4n) is 1.76. The first-order valence-electron chi connectivity index (χ1n) is 5.58. The average Bonchev–Trinajstić information content (AvgIpc) is 2.27. The van der Waals surface area contributed by atoms with E-state index in [1.54, 1.807) is 12.1 Å². The molecule has 3 heteroatoms. The van der Waals surface area contributed by atoms with Gasteiger partial charge in [-0.25, -0.2) is 4.39 Å². The summed E-state index contributed by atoms with van der Waals surface area (Å²) in [5.41, 5.74) is 2.28. The molecule has 0 heterocycles. The summed E-state index contributed by atoms with van der Waals surface area (Å²) in [7, 11) is 1.99. The molecule has 0 saturated carbocycles. The van der Waals surface area contributed by atoms with E-state index in [-0.39, 0.29) is 5.82 Å². The van der Waals surface area contributed by atoms with Crippen LogP contribution in [0.5, 0.6) is 0 Å². The van der Waals surface area contributed by atoms with Crippen LogP contribution < -0.4 is 5.32 Å². The third-order valence-corrected chi connectivity index (χ3v) is 3.49. The summed E-state index contributed by atoms with van der Waals surface area (Å²) in [5.74, 6) is 1.01. The quantitative estimate of drug-likeness (QED) is 0.821. The molecular weight excluding hydrogens is 221 g/mol. The molecule has 0 aliphatic rings. The minimum atomic E-state index is -0.147. The van der Waals surface area contributed by atoms with Crippen molar-refractivity contribution in [3.05, 3.63) is 35.1 Å². The summed E-state index contributed by atoms with van der Waals surface area (Å²) in [6.45, 7) is 1.97. The highest BCUT2D eigenvalue weighted by Crippen LogP contribution is 2.14. The molecule has 0 fully saturated rings. The minimum Gasteiger partial charge on any atom is -0.317 e. The number of hydrogen-bond donors (Lipinski definition) is 1. The van der Waals surface area contributed by atoms with E-state index < -0.39 is 0 Å². The van der Waals surface area contributed by atoms with Gasteiger partial charge in [0, 0.05) is 6.04 Å². The van der Waals surface area contributed by atoms with Crippen molar-refractivity contribution in [3.8, 4) is 0 Å². The molecule has 0 spiro atoms. The summed E-state index contributed by atoms with van der Waals surface area (Å²) in [6, 6.07) is 5.53. The van der Waals surface area contributed by atoms with E-state index in [1.807, 2.05) is 31.8 Å². The Morgan fingerprint density at radius 3 is 2.75 bits per heavy atom. The molecule has 0 aliphatic carbocycles. The molecule has 1 nitrogen and oxygen atoms in total. The minimum absolute atomic E-state index is 0.147. The van der Waals surface area contributed by atoms with Crippen LogP contribution in [0.3, 0.4) is 0 Å². The van der Waals surface area contributed by atoms with Crippen molar-refractivity contribution >= 4 is 11.8 Å². The van der Waals surface area contributed by atoms with Gasteiger partial charge in [-0.05, 0) is 62.1 Å². The number of nitrogens with one attached hydrogen (secondary N) is 1. The number of likely N-dealkylation sites (N-methyl/N-ethyl adjacent to an activating group) is 1. The first kappa shape index (κ1) is 13.5. The van der Waals surface area contributed by atoms with Gasteiger partial charge in [-0.1, -0.05) is 6.07 Å². The zero-order chi connectivity index (χ0) is 12.0. The molecule has 1 unspecified atom stereocenters. The van der Waals surface area contributed by atoms with E-state index >= 15 is 0 Å². The average molecular weight is 241 g/mol. The summed E-state index contributed by atoms with van der Waals surface area (Å²) < 4.78 is 13.0. The van der Waals surface area contributed by atoms with Crippen LogP contribution in [0.25, 0.3) is 0 Å². The lowest BCUT2D eigenvalue weighted by Crippen LogP contribution is -2.28. The topological polar surface area (TPSA) is 12.0 Å². The van der Waals surface area contributed by atoms with Crippen LogP contribution in [0.2, 0.25) is 0 Å². The lowest BCUT2D eigenvalue weighted by Gasteiger charge is -2.17. The largest absolute Gasteiger partial charge is 0.317 e. The third-order valence-electron chi connectivity index (χ3n) is 2.85. The molecule has 1 N–H and O–H groups in total. The van der Waals surface area contributed by atoms with Crippen LogP contribution in [0.15, 0.2) is 18.2 Å². The summed E-state index contributed by atoms with van der Waals surface area (Å²) in [4.78, 5) is 0. The number of benzene rings is 1. The molecule has 0 aromatic heterocycles. The first-order valence-corrected chi connectivity index (χ1v) is 6.98. The number of rotatable bonds is 6. The molecule has 16 heavy (non-hydrogen) atoms. The van der Waals surface area contributed by atoms with Crippen LogP contribution in [0, 0.1) is 12.7 Å². The molecule has 1 aromatic rings. The normalized spacial score (nSPS) is 12.8. The van der Waals surface area contributed by atoms with Gasteiger partial charge in [-0.3, -0.25) is 0 Å². The SMILES string of the molecule is CNC(CCSC)Cc1ccc(F)cc1C. The fourth-order valence-corrected chi connectivity index (χ4v) is 2.28. The smallest absolute Gasteiger partial charge is 0.123 e. The van der Waals surface area contributed by atoms with Crippen LogP contribution in [-0.4, -0.2) is 25.1 Å². The van der Waals surface area contributed by atoms with Gasteiger partial charge in [-0.15, -0.1) is 0 Å². The standard InChI is InChI=1S/C13H20FNS/c1-10-8-12(14)5-4-11(10)9-13(15-2)6-7-16-3/h4-5,8,13,15H,6-7,9H2,1-3H3. The highest BCUT2D eigenvalue weighted by molar-refractivity contribution is 7.98. The van der Waals surface area contributed by atoms with E-state index in [1.165, 1.54) is 5.56 Å². The molecule has 1 rings (SSSR count). The monoisotopic (exact) mass is 241 g/mol.